The number of carbonyl (C=O) groups is 1. The van der Waals surface area contributed by atoms with Crippen molar-refractivity contribution in [3.8, 4) is 23.1 Å². The van der Waals surface area contributed by atoms with Gasteiger partial charge in [0, 0.05) is 23.8 Å². The molecule has 1 amide bonds. The third kappa shape index (κ3) is 4.48. The zero-order valence-corrected chi connectivity index (χ0v) is 15.3. The number of methoxy groups -OCH3 is 1. The number of benzene rings is 2. The van der Waals surface area contributed by atoms with E-state index in [9.17, 15) is 20.2 Å². The van der Waals surface area contributed by atoms with Crippen molar-refractivity contribution in [3.05, 3.63) is 82.1 Å². The molecule has 0 aliphatic heterocycles. The number of rotatable bonds is 6. The average Bonchev–Trinajstić information content (AvgIpc) is 3.21. The minimum Gasteiger partial charge on any atom is -0.495 e. The van der Waals surface area contributed by atoms with Gasteiger partial charge in [0.2, 0.25) is 0 Å². The van der Waals surface area contributed by atoms with Gasteiger partial charge >= 0.3 is 0 Å². The molecule has 144 valence electrons. The highest BCUT2D eigenvalue weighted by molar-refractivity contribution is 6.10. The van der Waals surface area contributed by atoms with Gasteiger partial charge in [0.25, 0.3) is 11.6 Å². The molecule has 0 fully saturated rings. The molecule has 1 N–H and O–H groups in total. The van der Waals surface area contributed by atoms with E-state index in [1.807, 2.05) is 6.07 Å². The summed E-state index contributed by atoms with van der Waals surface area (Å²) in [6.45, 7) is 0. The number of ether oxygens (including phenoxy) is 1. The third-order valence-electron chi connectivity index (χ3n) is 4.00. The maximum absolute atomic E-state index is 12.4. The van der Waals surface area contributed by atoms with Crippen molar-refractivity contribution in [2.24, 2.45) is 0 Å². The number of amides is 1. The molecule has 0 spiro atoms. The molecule has 29 heavy (non-hydrogen) atoms. The Morgan fingerprint density at radius 3 is 2.55 bits per heavy atom. The zero-order chi connectivity index (χ0) is 20.8. The largest absolute Gasteiger partial charge is 0.495 e. The molecular weight excluding hydrogens is 374 g/mol. The van der Waals surface area contributed by atoms with E-state index >= 15 is 0 Å². The van der Waals surface area contributed by atoms with Crippen LogP contribution in [0.15, 0.2) is 70.7 Å². The van der Waals surface area contributed by atoms with Crippen LogP contribution in [0.5, 0.6) is 5.75 Å². The molecule has 0 aliphatic carbocycles. The first-order chi connectivity index (χ1) is 14.0. The quantitative estimate of drug-likeness (QED) is 0.289. The number of para-hydroxylation sites is 2. The number of anilines is 1. The Kier molecular flexibility index (Phi) is 5.71. The van der Waals surface area contributed by atoms with E-state index in [-0.39, 0.29) is 11.3 Å². The van der Waals surface area contributed by atoms with Gasteiger partial charge in [0.15, 0.2) is 0 Å². The highest BCUT2D eigenvalue weighted by Crippen LogP contribution is 2.26. The molecule has 8 heteroatoms. The summed E-state index contributed by atoms with van der Waals surface area (Å²) < 4.78 is 10.8. The SMILES string of the molecule is COc1ccccc1NC(=O)/C(C#N)=C\c1ccc(-c2ccc([N+](=O)[O-])cc2)o1. The molecule has 3 rings (SSSR count). The lowest BCUT2D eigenvalue weighted by molar-refractivity contribution is -0.384. The first kappa shape index (κ1) is 19.4. The standard InChI is InChI=1S/C21H15N3O5/c1-28-20-5-3-2-4-18(20)23-21(25)15(13-22)12-17-10-11-19(29-17)14-6-8-16(9-7-14)24(26)27/h2-12H,1H3,(H,23,25)/b15-12-. The lowest BCUT2D eigenvalue weighted by atomic mass is 10.1. The molecule has 0 saturated carbocycles. The summed E-state index contributed by atoms with van der Waals surface area (Å²) in [5, 5.41) is 22.7. The van der Waals surface area contributed by atoms with E-state index in [2.05, 4.69) is 5.32 Å². The third-order valence-corrected chi connectivity index (χ3v) is 4.00. The van der Waals surface area contributed by atoms with E-state index in [0.717, 1.165) is 0 Å². The van der Waals surface area contributed by atoms with E-state index in [0.29, 0.717) is 28.5 Å². The van der Waals surface area contributed by atoms with Crippen LogP contribution in [0.25, 0.3) is 17.4 Å². The van der Waals surface area contributed by atoms with Crippen LogP contribution >= 0.6 is 0 Å². The van der Waals surface area contributed by atoms with Crippen LogP contribution in [0.3, 0.4) is 0 Å². The van der Waals surface area contributed by atoms with E-state index in [1.54, 1.807) is 48.5 Å². The van der Waals surface area contributed by atoms with Crippen molar-refractivity contribution in [2.45, 2.75) is 0 Å². The number of hydrogen-bond donors (Lipinski definition) is 1. The second-order valence-corrected chi connectivity index (χ2v) is 5.83. The molecule has 1 heterocycles. The second-order valence-electron chi connectivity index (χ2n) is 5.83. The summed E-state index contributed by atoms with van der Waals surface area (Å²) in [5.74, 6) is 0.612. The number of nitrogens with one attached hydrogen (secondary N) is 1. The van der Waals surface area contributed by atoms with Gasteiger partial charge in [-0.05, 0) is 36.4 Å². The van der Waals surface area contributed by atoms with Crippen molar-refractivity contribution in [3.63, 3.8) is 0 Å². The fourth-order valence-corrected chi connectivity index (χ4v) is 2.56. The monoisotopic (exact) mass is 389 g/mol. The molecule has 0 unspecified atom stereocenters. The zero-order valence-electron chi connectivity index (χ0n) is 15.3. The van der Waals surface area contributed by atoms with Gasteiger partial charge in [-0.25, -0.2) is 0 Å². The number of nitrogens with zero attached hydrogens (tertiary/aromatic N) is 2. The lowest BCUT2D eigenvalue weighted by Gasteiger charge is -2.08. The Balaban J connectivity index is 1.80. The number of non-ortho nitro benzene ring substituents is 1. The highest BCUT2D eigenvalue weighted by atomic mass is 16.6. The van der Waals surface area contributed by atoms with E-state index in [4.69, 9.17) is 9.15 Å². The Morgan fingerprint density at radius 2 is 1.90 bits per heavy atom. The number of nitro groups is 1. The fourth-order valence-electron chi connectivity index (χ4n) is 2.56. The predicted molar refractivity (Wildman–Crippen MR) is 106 cm³/mol. The van der Waals surface area contributed by atoms with Crippen molar-refractivity contribution in [1.82, 2.24) is 0 Å². The Labute approximate surface area is 165 Å². The lowest BCUT2D eigenvalue weighted by Crippen LogP contribution is -2.14. The van der Waals surface area contributed by atoms with Gasteiger partial charge in [0.05, 0.1) is 17.7 Å². The van der Waals surface area contributed by atoms with Crippen LogP contribution in [0, 0.1) is 21.4 Å². The van der Waals surface area contributed by atoms with E-state index in [1.165, 1.54) is 25.3 Å². The first-order valence-corrected chi connectivity index (χ1v) is 8.42. The highest BCUT2D eigenvalue weighted by Gasteiger charge is 2.14. The molecule has 3 aromatic rings. The van der Waals surface area contributed by atoms with Crippen LogP contribution in [-0.4, -0.2) is 17.9 Å². The van der Waals surface area contributed by atoms with Crippen molar-refractivity contribution in [1.29, 1.82) is 5.26 Å². The number of hydrogen-bond acceptors (Lipinski definition) is 6. The van der Waals surface area contributed by atoms with Gasteiger partial charge in [-0.15, -0.1) is 0 Å². The molecule has 0 atom stereocenters. The summed E-state index contributed by atoms with van der Waals surface area (Å²) in [4.78, 5) is 22.7. The smallest absolute Gasteiger partial charge is 0.269 e. The first-order valence-electron chi connectivity index (χ1n) is 8.42. The summed E-state index contributed by atoms with van der Waals surface area (Å²) in [5.41, 5.74) is 0.889. The Morgan fingerprint density at radius 1 is 1.17 bits per heavy atom. The van der Waals surface area contributed by atoms with Gasteiger partial charge in [-0.3, -0.25) is 14.9 Å². The van der Waals surface area contributed by atoms with Gasteiger partial charge < -0.3 is 14.5 Å². The molecular formula is C21H15N3O5. The number of carbonyl (C=O) groups excluding carboxylic acids is 1. The van der Waals surface area contributed by atoms with Gasteiger partial charge in [-0.1, -0.05) is 12.1 Å². The molecule has 1 aromatic heterocycles. The molecule has 0 bridgehead atoms. The average molecular weight is 389 g/mol. The maximum atomic E-state index is 12.4. The fraction of sp³-hybridized carbons (Fsp3) is 0.0476. The Bertz CT molecular complexity index is 1120. The molecule has 8 nitrogen and oxygen atoms in total. The molecule has 2 aromatic carbocycles. The number of nitriles is 1. The van der Waals surface area contributed by atoms with Gasteiger partial charge in [0.1, 0.15) is 28.9 Å². The maximum Gasteiger partial charge on any atom is 0.269 e. The summed E-state index contributed by atoms with van der Waals surface area (Å²) in [6, 6.07) is 17.8. The molecule has 0 saturated heterocycles. The predicted octanol–water partition coefficient (Wildman–Crippen LogP) is 4.41. The second kappa shape index (κ2) is 8.54. The van der Waals surface area contributed by atoms with Crippen LogP contribution in [0.4, 0.5) is 11.4 Å². The number of furan rings is 1. The summed E-state index contributed by atoms with van der Waals surface area (Å²) in [7, 11) is 1.48. The van der Waals surface area contributed by atoms with Gasteiger partial charge in [-0.2, -0.15) is 5.26 Å². The van der Waals surface area contributed by atoms with Crippen LogP contribution in [0.2, 0.25) is 0 Å². The van der Waals surface area contributed by atoms with Crippen molar-refractivity contribution < 1.29 is 18.9 Å². The topological polar surface area (TPSA) is 118 Å². The normalized spacial score (nSPS) is 10.8. The number of nitro benzene ring substituents is 1. The van der Waals surface area contributed by atoms with Crippen LogP contribution < -0.4 is 10.1 Å². The van der Waals surface area contributed by atoms with Crippen LogP contribution in [0.1, 0.15) is 5.76 Å². The Hall–Kier alpha value is -4.38. The van der Waals surface area contributed by atoms with Crippen molar-refractivity contribution >= 4 is 23.4 Å². The van der Waals surface area contributed by atoms with E-state index < -0.39 is 10.8 Å². The molecule has 0 aliphatic rings. The minimum absolute atomic E-state index is 0.0276. The van der Waals surface area contributed by atoms with Crippen LogP contribution in [-0.2, 0) is 4.79 Å². The molecule has 0 radical (unpaired) electrons. The summed E-state index contributed by atoms with van der Waals surface area (Å²) in [6.07, 6.45) is 1.32. The minimum atomic E-state index is -0.606. The summed E-state index contributed by atoms with van der Waals surface area (Å²) >= 11 is 0. The van der Waals surface area contributed by atoms with Crippen molar-refractivity contribution in [2.75, 3.05) is 12.4 Å².